The number of aromatic nitrogens is 4. The molecule has 4 aromatic heterocycles. The normalized spacial score (nSPS) is 19.3. The minimum absolute atomic E-state index is 0.0399. The Bertz CT molecular complexity index is 3060. The van der Waals surface area contributed by atoms with E-state index < -0.39 is 5.41 Å². The molecule has 7 nitrogen and oxygen atoms in total. The monoisotopic (exact) mass is 703 g/mol. The number of anilines is 1. The van der Waals surface area contributed by atoms with E-state index in [9.17, 15) is 0 Å². The first-order valence-corrected chi connectivity index (χ1v) is 18.8. The molecular formula is C47H37N5O2. The van der Waals surface area contributed by atoms with Crippen LogP contribution in [0.2, 0.25) is 0 Å². The first-order valence-electron chi connectivity index (χ1n) is 18.8. The molecule has 0 saturated heterocycles. The van der Waals surface area contributed by atoms with Gasteiger partial charge in [0, 0.05) is 50.1 Å². The SMILES string of the molecule is CCC1=C2C(C)c3oc4ccccc4c3C1(C)c1nc(-c3ccccc3)nc(n1)-c1cccc3c1oc1c(cccc13)-n1c(N)c(c3ccccc31)C2C. The van der Waals surface area contributed by atoms with E-state index in [1.807, 2.05) is 24.3 Å². The summed E-state index contributed by atoms with van der Waals surface area (Å²) >= 11 is 0. The van der Waals surface area contributed by atoms with Gasteiger partial charge in [0.05, 0.1) is 22.2 Å². The number of para-hydroxylation sites is 4. The smallest absolute Gasteiger partial charge is 0.167 e. The lowest BCUT2D eigenvalue weighted by Gasteiger charge is -2.41. The van der Waals surface area contributed by atoms with E-state index in [1.54, 1.807) is 0 Å². The number of nitrogens with zero attached hydrogens (tertiary/aromatic N) is 4. The van der Waals surface area contributed by atoms with Crippen molar-refractivity contribution in [2.45, 2.75) is 51.4 Å². The van der Waals surface area contributed by atoms with E-state index in [2.05, 4.69) is 123 Å². The lowest BCUT2D eigenvalue weighted by molar-refractivity contribution is 0.459. The zero-order valence-corrected chi connectivity index (χ0v) is 30.5. The van der Waals surface area contributed by atoms with Crippen LogP contribution < -0.4 is 5.73 Å². The number of allylic oxidation sites excluding steroid dienone is 2. The third kappa shape index (κ3) is 3.93. The van der Waals surface area contributed by atoms with Crippen molar-refractivity contribution >= 4 is 49.6 Å². The quantitative estimate of drug-likeness (QED) is 0.180. The van der Waals surface area contributed by atoms with Crippen molar-refractivity contribution in [1.82, 2.24) is 19.5 Å². The topological polar surface area (TPSA) is 95.9 Å². The third-order valence-corrected chi connectivity index (χ3v) is 12.2. The van der Waals surface area contributed by atoms with Crippen molar-refractivity contribution in [1.29, 1.82) is 0 Å². The number of furan rings is 2. The molecule has 5 heterocycles. The summed E-state index contributed by atoms with van der Waals surface area (Å²) in [6.45, 7) is 9.13. The molecule has 54 heavy (non-hydrogen) atoms. The van der Waals surface area contributed by atoms with Crippen LogP contribution in [-0.4, -0.2) is 19.5 Å². The van der Waals surface area contributed by atoms with Crippen LogP contribution in [0.3, 0.4) is 0 Å². The van der Waals surface area contributed by atoms with Crippen molar-refractivity contribution in [3.05, 3.63) is 149 Å². The molecule has 7 heteroatoms. The Morgan fingerprint density at radius 3 is 2.19 bits per heavy atom. The van der Waals surface area contributed by atoms with E-state index in [4.69, 9.17) is 29.5 Å². The highest BCUT2D eigenvalue weighted by atomic mass is 16.3. The zero-order chi connectivity index (χ0) is 36.5. The lowest BCUT2D eigenvalue weighted by Crippen LogP contribution is -2.36. The van der Waals surface area contributed by atoms with Crippen LogP contribution in [0.5, 0.6) is 0 Å². The number of benzene rings is 5. The lowest BCUT2D eigenvalue weighted by atomic mass is 9.62. The molecule has 2 aliphatic rings. The predicted octanol–water partition coefficient (Wildman–Crippen LogP) is 11.6. The van der Waals surface area contributed by atoms with Gasteiger partial charge in [-0.2, -0.15) is 0 Å². The molecule has 0 radical (unpaired) electrons. The van der Waals surface area contributed by atoms with Gasteiger partial charge in [-0.25, -0.2) is 15.0 Å². The number of nitrogen functional groups attached to an aromatic ring is 1. The summed E-state index contributed by atoms with van der Waals surface area (Å²) in [5.41, 5.74) is 17.4. The molecule has 2 N–H and O–H groups in total. The summed E-state index contributed by atoms with van der Waals surface area (Å²) in [5.74, 6) is 3.36. The van der Waals surface area contributed by atoms with Gasteiger partial charge in [-0.05, 0) is 37.6 Å². The van der Waals surface area contributed by atoms with E-state index in [0.29, 0.717) is 23.3 Å². The molecule has 11 rings (SSSR count). The van der Waals surface area contributed by atoms with Crippen molar-refractivity contribution in [2.75, 3.05) is 5.73 Å². The summed E-state index contributed by atoms with van der Waals surface area (Å²) in [6, 6.07) is 39.6. The Labute approximate surface area is 311 Å². The number of hydrogen-bond donors (Lipinski definition) is 1. The van der Waals surface area contributed by atoms with Crippen LogP contribution in [-0.2, 0) is 5.41 Å². The van der Waals surface area contributed by atoms with E-state index in [-0.39, 0.29) is 11.8 Å². The average Bonchev–Trinajstić information content (AvgIpc) is 3.88. The van der Waals surface area contributed by atoms with Crippen molar-refractivity contribution < 1.29 is 8.83 Å². The standard InChI is InChI=1S/C47H37N5O2/c1-5-33-37-25(2)38-30-17-9-11-22-34(30)52(43(38)48)35-23-14-20-29-28-19-13-21-32(41(28)54-42(29)35)45-49-44(27-15-7-6-8-16-27)50-46(51-45)47(33,4)39-31-18-10-12-24-36(31)53-40(39)26(37)3/h6-26H,5,48H2,1-4H3. The maximum absolute atomic E-state index is 7.45. The first kappa shape index (κ1) is 31.1. The summed E-state index contributed by atoms with van der Waals surface area (Å²) in [5, 5.41) is 4.18. The van der Waals surface area contributed by atoms with Crippen LogP contribution in [0.25, 0.3) is 72.3 Å². The largest absolute Gasteiger partial charge is 0.460 e. The number of fused-ring (bicyclic) bond motifs is 16. The molecule has 0 amide bonds. The Morgan fingerprint density at radius 2 is 1.37 bits per heavy atom. The van der Waals surface area contributed by atoms with Gasteiger partial charge in [-0.15, -0.1) is 0 Å². The van der Waals surface area contributed by atoms with Gasteiger partial charge in [-0.3, -0.25) is 4.57 Å². The fraction of sp³-hybridized carbons (Fsp3) is 0.170. The highest BCUT2D eigenvalue weighted by molar-refractivity contribution is 6.12. The van der Waals surface area contributed by atoms with Gasteiger partial charge in [0.1, 0.15) is 28.6 Å². The van der Waals surface area contributed by atoms with Crippen molar-refractivity contribution in [3.63, 3.8) is 0 Å². The van der Waals surface area contributed by atoms with E-state index in [0.717, 1.165) is 83.9 Å². The van der Waals surface area contributed by atoms with E-state index in [1.165, 1.54) is 11.1 Å². The fourth-order valence-electron chi connectivity index (χ4n) is 9.92. The molecule has 3 atom stereocenters. The van der Waals surface area contributed by atoms with Gasteiger partial charge in [0.25, 0.3) is 0 Å². The molecule has 0 fully saturated rings. The average molecular weight is 704 g/mol. The minimum atomic E-state index is -0.784. The minimum Gasteiger partial charge on any atom is -0.460 e. The second kappa shape index (κ2) is 11.0. The maximum atomic E-state index is 7.45. The second-order valence-electron chi connectivity index (χ2n) is 15.0. The fourth-order valence-corrected chi connectivity index (χ4v) is 9.92. The second-order valence-corrected chi connectivity index (χ2v) is 15.0. The molecule has 3 unspecified atom stereocenters. The van der Waals surface area contributed by atoms with Crippen molar-refractivity contribution in [3.8, 4) is 28.5 Å². The zero-order valence-electron chi connectivity index (χ0n) is 30.5. The number of hydrogen-bond acceptors (Lipinski definition) is 6. The van der Waals surface area contributed by atoms with Crippen LogP contribution in [0.1, 0.15) is 68.7 Å². The predicted molar refractivity (Wildman–Crippen MR) is 216 cm³/mol. The van der Waals surface area contributed by atoms with Crippen LogP contribution in [0.4, 0.5) is 5.82 Å². The molecule has 1 aliphatic carbocycles. The van der Waals surface area contributed by atoms with Gasteiger partial charge in [-0.1, -0.05) is 123 Å². The molecule has 8 bridgehead atoms. The molecule has 5 aromatic carbocycles. The summed E-state index contributed by atoms with van der Waals surface area (Å²) in [7, 11) is 0. The molecule has 0 saturated carbocycles. The van der Waals surface area contributed by atoms with E-state index >= 15 is 0 Å². The molecule has 9 aromatic rings. The molecule has 262 valence electrons. The van der Waals surface area contributed by atoms with Gasteiger partial charge >= 0.3 is 0 Å². The molecule has 0 spiro atoms. The van der Waals surface area contributed by atoms with Crippen LogP contribution >= 0.6 is 0 Å². The van der Waals surface area contributed by atoms with Gasteiger partial charge in [0.2, 0.25) is 0 Å². The van der Waals surface area contributed by atoms with Gasteiger partial charge < -0.3 is 14.6 Å². The van der Waals surface area contributed by atoms with Crippen molar-refractivity contribution in [2.24, 2.45) is 0 Å². The number of rotatable bonds is 2. The van der Waals surface area contributed by atoms with Crippen LogP contribution in [0.15, 0.2) is 135 Å². The number of nitrogens with two attached hydrogens (primary N) is 1. The summed E-state index contributed by atoms with van der Waals surface area (Å²) in [6.07, 6.45) is 0.774. The third-order valence-electron chi connectivity index (χ3n) is 12.2. The maximum Gasteiger partial charge on any atom is 0.167 e. The Hall–Kier alpha value is -6.47. The highest BCUT2D eigenvalue weighted by Gasteiger charge is 2.49. The highest BCUT2D eigenvalue weighted by Crippen LogP contribution is 2.58. The Morgan fingerprint density at radius 1 is 0.685 bits per heavy atom. The van der Waals surface area contributed by atoms with Gasteiger partial charge in [0.15, 0.2) is 17.2 Å². The first-order chi connectivity index (χ1) is 26.4. The summed E-state index contributed by atoms with van der Waals surface area (Å²) < 4.78 is 16.1. The Kier molecular flexibility index (Phi) is 6.35. The molecule has 1 aliphatic heterocycles. The molecular weight excluding hydrogens is 667 g/mol. The summed E-state index contributed by atoms with van der Waals surface area (Å²) in [4.78, 5) is 16.2. The van der Waals surface area contributed by atoms with Crippen LogP contribution in [0, 0.1) is 0 Å². The Balaban J connectivity index is 1.37.